The van der Waals surface area contributed by atoms with Crippen molar-refractivity contribution in [3.8, 4) is 11.3 Å². The molecule has 0 aliphatic carbocycles. The van der Waals surface area contributed by atoms with E-state index in [9.17, 15) is 23.9 Å². The highest BCUT2D eigenvalue weighted by molar-refractivity contribution is 7.80. The summed E-state index contributed by atoms with van der Waals surface area (Å²) >= 11 is 5.06. The van der Waals surface area contributed by atoms with Crippen molar-refractivity contribution < 1.29 is 28.3 Å². The zero-order chi connectivity index (χ0) is 23.0. The van der Waals surface area contributed by atoms with Gasteiger partial charge in [0.25, 0.3) is 11.8 Å². The molecule has 4 rings (SSSR count). The molecule has 1 saturated heterocycles. The van der Waals surface area contributed by atoms with Crippen LogP contribution in [0, 0.1) is 12.7 Å². The van der Waals surface area contributed by atoms with Crippen LogP contribution in [0.15, 0.2) is 64.6 Å². The topological polar surface area (TPSA) is 99.8 Å². The molecule has 0 atom stereocenters. The van der Waals surface area contributed by atoms with Crippen molar-refractivity contribution in [1.29, 1.82) is 0 Å². The maximum Gasteiger partial charge on any atom is 0.335 e. The highest BCUT2D eigenvalue weighted by Crippen LogP contribution is 2.29. The third kappa shape index (κ3) is 3.69. The summed E-state index contributed by atoms with van der Waals surface area (Å²) < 4.78 is 20.0. The number of thiocarbonyl (C=S) groups is 1. The van der Waals surface area contributed by atoms with Gasteiger partial charge in [0.1, 0.15) is 22.9 Å². The lowest BCUT2D eigenvalue weighted by molar-refractivity contribution is -0.122. The molecule has 0 bridgehead atoms. The summed E-state index contributed by atoms with van der Waals surface area (Å²) in [4.78, 5) is 37.7. The molecule has 7 nitrogen and oxygen atoms in total. The number of carboxylic acid groups (broad SMARTS) is 1. The summed E-state index contributed by atoms with van der Waals surface area (Å²) in [6.45, 7) is 1.66. The number of hydrogen-bond acceptors (Lipinski definition) is 5. The number of furan rings is 1. The number of carbonyl (C=O) groups excluding carboxylic acids is 2. The minimum absolute atomic E-state index is 0.0883. The predicted molar refractivity (Wildman–Crippen MR) is 118 cm³/mol. The van der Waals surface area contributed by atoms with E-state index in [1.54, 1.807) is 31.2 Å². The third-order valence-corrected chi connectivity index (χ3v) is 5.22. The Hall–Kier alpha value is -4.11. The van der Waals surface area contributed by atoms with Gasteiger partial charge < -0.3 is 9.52 Å². The molecule has 3 aromatic rings. The maximum absolute atomic E-state index is 14.2. The van der Waals surface area contributed by atoms with Gasteiger partial charge in [-0.3, -0.25) is 14.9 Å². The number of carboxylic acids is 1. The van der Waals surface area contributed by atoms with Crippen LogP contribution in [0.4, 0.5) is 10.1 Å². The molecule has 1 fully saturated rings. The highest BCUT2D eigenvalue weighted by Gasteiger charge is 2.35. The lowest BCUT2D eigenvalue weighted by atomic mass is 10.0. The minimum Gasteiger partial charge on any atom is -0.478 e. The molecule has 2 amide bonds. The Morgan fingerprint density at radius 1 is 1.12 bits per heavy atom. The number of aromatic carboxylic acids is 1. The molecule has 1 aliphatic rings. The fraction of sp³-hybridized carbons (Fsp3) is 0.0435. The summed E-state index contributed by atoms with van der Waals surface area (Å²) in [7, 11) is 0. The summed E-state index contributed by atoms with van der Waals surface area (Å²) in [6, 6.07) is 13.5. The number of amides is 2. The molecule has 2 heterocycles. The normalized spacial score (nSPS) is 15.2. The van der Waals surface area contributed by atoms with E-state index < -0.39 is 23.6 Å². The summed E-state index contributed by atoms with van der Waals surface area (Å²) in [5.41, 5.74) is 0.822. The average Bonchev–Trinajstić information content (AvgIpc) is 3.20. The molecule has 1 aromatic heterocycles. The molecule has 0 unspecified atom stereocenters. The first kappa shape index (κ1) is 21.1. The molecule has 32 heavy (non-hydrogen) atoms. The van der Waals surface area contributed by atoms with Crippen molar-refractivity contribution in [3.63, 3.8) is 0 Å². The van der Waals surface area contributed by atoms with Crippen LogP contribution in [-0.2, 0) is 9.59 Å². The van der Waals surface area contributed by atoms with E-state index in [1.807, 2.05) is 0 Å². The largest absolute Gasteiger partial charge is 0.478 e. The number of carbonyl (C=O) groups is 3. The number of rotatable bonds is 4. The van der Waals surface area contributed by atoms with E-state index in [-0.39, 0.29) is 27.7 Å². The van der Waals surface area contributed by atoms with E-state index >= 15 is 0 Å². The standard InChI is InChI=1S/C23H15FN2O5S/c1-12-14(5-4-6-15(12)22(29)30)19-10-9-13(31-19)11-16-20(27)25-23(32)26(21(16)28)18-8-3-2-7-17(18)24/h2-11H,1H3,(H,29,30)(H,25,27,32). The molecular weight excluding hydrogens is 435 g/mol. The summed E-state index contributed by atoms with van der Waals surface area (Å²) in [5.74, 6) is -2.73. The Kier molecular flexibility index (Phi) is 5.41. The SMILES string of the molecule is Cc1c(C(=O)O)cccc1-c1ccc(C=C2C(=O)NC(=S)N(c3ccccc3F)C2=O)o1. The molecular formula is C23H15FN2O5S. The van der Waals surface area contributed by atoms with Crippen LogP contribution >= 0.6 is 12.2 Å². The quantitative estimate of drug-likeness (QED) is 0.355. The maximum atomic E-state index is 14.2. The first-order chi connectivity index (χ1) is 15.3. The molecule has 0 saturated carbocycles. The molecule has 2 N–H and O–H groups in total. The molecule has 9 heteroatoms. The molecule has 2 aromatic carbocycles. The first-order valence-corrected chi connectivity index (χ1v) is 9.78. The van der Waals surface area contributed by atoms with Crippen LogP contribution in [0.1, 0.15) is 21.7 Å². The van der Waals surface area contributed by atoms with Crippen LogP contribution < -0.4 is 10.2 Å². The lowest BCUT2D eigenvalue weighted by Gasteiger charge is -2.28. The molecule has 0 radical (unpaired) electrons. The van der Waals surface area contributed by atoms with Crippen LogP contribution in [0.5, 0.6) is 0 Å². The van der Waals surface area contributed by atoms with Gasteiger partial charge >= 0.3 is 5.97 Å². The first-order valence-electron chi connectivity index (χ1n) is 9.37. The van der Waals surface area contributed by atoms with E-state index in [0.29, 0.717) is 16.9 Å². The van der Waals surface area contributed by atoms with Crippen molar-refractivity contribution in [2.24, 2.45) is 0 Å². The number of nitrogens with one attached hydrogen (secondary N) is 1. The zero-order valence-electron chi connectivity index (χ0n) is 16.6. The van der Waals surface area contributed by atoms with Gasteiger partial charge in [0.2, 0.25) is 0 Å². The fourth-order valence-corrected chi connectivity index (χ4v) is 3.63. The van der Waals surface area contributed by atoms with Gasteiger partial charge in [-0.1, -0.05) is 24.3 Å². The van der Waals surface area contributed by atoms with Crippen molar-refractivity contribution in [3.05, 3.63) is 82.9 Å². The molecule has 0 spiro atoms. The van der Waals surface area contributed by atoms with Crippen LogP contribution in [0.25, 0.3) is 17.4 Å². The summed E-state index contributed by atoms with van der Waals surface area (Å²) in [6.07, 6.45) is 1.23. The van der Waals surface area contributed by atoms with Gasteiger partial charge in [0, 0.05) is 5.56 Å². The van der Waals surface area contributed by atoms with Crippen molar-refractivity contribution in [1.82, 2.24) is 5.32 Å². The van der Waals surface area contributed by atoms with Crippen molar-refractivity contribution in [2.75, 3.05) is 4.90 Å². The Bertz CT molecular complexity index is 1330. The fourth-order valence-electron chi connectivity index (χ4n) is 3.36. The second-order valence-corrected chi connectivity index (χ2v) is 7.28. The Morgan fingerprint density at radius 3 is 2.59 bits per heavy atom. The van der Waals surface area contributed by atoms with Gasteiger partial charge in [-0.2, -0.15) is 0 Å². The lowest BCUT2D eigenvalue weighted by Crippen LogP contribution is -2.54. The number of anilines is 1. The van der Waals surface area contributed by atoms with E-state index in [2.05, 4.69) is 5.32 Å². The minimum atomic E-state index is -1.06. The van der Waals surface area contributed by atoms with Crippen LogP contribution in [0.2, 0.25) is 0 Å². The van der Waals surface area contributed by atoms with Crippen molar-refractivity contribution in [2.45, 2.75) is 6.92 Å². The van der Waals surface area contributed by atoms with Gasteiger partial charge in [0.05, 0.1) is 11.3 Å². The monoisotopic (exact) mass is 450 g/mol. The van der Waals surface area contributed by atoms with Gasteiger partial charge in [-0.25, -0.2) is 14.1 Å². The van der Waals surface area contributed by atoms with E-state index in [4.69, 9.17) is 16.6 Å². The smallest absolute Gasteiger partial charge is 0.335 e. The average molecular weight is 450 g/mol. The number of nitrogens with zero attached hydrogens (tertiary/aromatic N) is 1. The van der Waals surface area contributed by atoms with Crippen LogP contribution in [0.3, 0.4) is 0 Å². The number of para-hydroxylation sites is 1. The van der Waals surface area contributed by atoms with E-state index in [0.717, 1.165) is 4.90 Å². The Labute approximate surface area is 186 Å². The van der Waals surface area contributed by atoms with E-state index in [1.165, 1.54) is 36.4 Å². The van der Waals surface area contributed by atoms with Gasteiger partial charge in [-0.15, -0.1) is 0 Å². The number of benzene rings is 2. The van der Waals surface area contributed by atoms with Crippen LogP contribution in [-0.4, -0.2) is 28.0 Å². The number of hydrogen-bond donors (Lipinski definition) is 2. The Balaban J connectivity index is 1.71. The van der Waals surface area contributed by atoms with Gasteiger partial charge in [-0.05, 0) is 61.1 Å². The van der Waals surface area contributed by atoms with Gasteiger partial charge in [0.15, 0.2) is 5.11 Å². The summed E-state index contributed by atoms with van der Waals surface area (Å²) in [5, 5.41) is 11.5. The predicted octanol–water partition coefficient (Wildman–Crippen LogP) is 3.92. The van der Waals surface area contributed by atoms with Crippen molar-refractivity contribution >= 4 is 46.9 Å². The number of halogens is 1. The Morgan fingerprint density at radius 2 is 1.88 bits per heavy atom. The molecule has 1 aliphatic heterocycles. The highest BCUT2D eigenvalue weighted by atomic mass is 32.1. The molecule has 160 valence electrons. The zero-order valence-corrected chi connectivity index (χ0v) is 17.4. The second-order valence-electron chi connectivity index (χ2n) is 6.89. The third-order valence-electron chi connectivity index (χ3n) is 4.94. The second kappa shape index (κ2) is 8.20.